The summed E-state index contributed by atoms with van der Waals surface area (Å²) < 4.78 is 5.60. The van der Waals surface area contributed by atoms with Gasteiger partial charge in [0.25, 0.3) is 5.91 Å². The summed E-state index contributed by atoms with van der Waals surface area (Å²) in [5.74, 6) is 0.455. The highest BCUT2D eigenvalue weighted by Gasteiger charge is 2.09. The first-order valence-electron chi connectivity index (χ1n) is 9.98. The Kier molecular flexibility index (Phi) is 5.48. The SMILES string of the molecule is CCc1ccc(-n2nc3ccc(NC(=O)COc4ccc(C)c(C)c4)cc3n2)cc1. The average molecular weight is 400 g/mol. The summed E-state index contributed by atoms with van der Waals surface area (Å²) in [7, 11) is 0. The fraction of sp³-hybridized carbons (Fsp3) is 0.208. The Labute approximate surface area is 175 Å². The van der Waals surface area contributed by atoms with E-state index in [4.69, 9.17) is 4.74 Å². The molecule has 4 aromatic rings. The van der Waals surface area contributed by atoms with Crippen molar-refractivity contribution in [2.75, 3.05) is 11.9 Å². The monoisotopic (exact) mass is 400 g/mol. The number of aromatic nitrogens is 3. The molecule has 1 heterocycles. The second-order valence-corrected chi connectivity index (χ2v) is 7.30. The van der Waals surface area contributed by atoms with Crippen LogP contribution in [0, 0.1) is 13.8 Å². The number of benzene rings is 3. The molecule has 0 radical (unpaired) electrons. The molecule has 1 aromatic heterocycles. The maximum Gasteiger partial charge on any atom is 0.262 e. The topological polar surface area (TPSA) is 69.0 Å². The molecular weight excluding hydrogens is 376 g/mol. The van der Waals surface area contributed by atoms with Crippen LogP contribution in [0.1, 0.15) is 23.6 Å². The van der Waals surface area contributed by atoms with Gasteiger partial charge in [-0.15, -0.1) is 10.2 Å². The van der Waals surface area contributed by atoms with Gasteiger partial charge < -0.3 is 10.1 Å². The van der Waals surface area contributed by atoms with Crippen LogP contribution in [0.15, 0.2) is 60.7 Å². The number of amides is 1. The zero-order valence-electron chi connectivity index (χ0n) is 17.3. The van der Waals surface area contributed by atoms with Crippen molar-refractivity contribution in [1.29, 1.82) is 0 Å². The fourth-order valence-corrected chi connectivity index (χ4v) is 3.12. The Morgan fingerprint density at radius 2 is 1.70 bits per heavy atom. The Morgan fingerprint density at radius 3 is 2.43 bits per heavy atom. The molecule has 0 saturated carbocycles. The van der Waals surface area contributed by atoms with Crippen molar-refractivity contribution in [1.82, 2.24) is 15.0 Å². The van der Waals surface area contributed by atoms with Gasteiger partial charge in [-0.2, -0.15) is 4.80 Å². The lowest BCUT2D eigenvalue weighted by atomic mass is 10.1. The molecule has 6 nitrogen and oxygen atoms in total. The lowest BCUT2D eigenvalue weighted by Gasteiger charge is -2.09. The van der Waals surface area contributed by atoms with Crippen LogP contribution in [-0.4, -0.2) is 27.5 Å². The predicted octanol–water partition coefficient (Wildman–Crippen LogP) is 4.62. The van der Waals surface area contributed by atoms with Gasteiger partial charge >= 0.3 is 0 Å². The van der Waals surface area contributed by atoms with Gasteiger partial charge in [0.2, 0.25) is 0 Å². The van der Waals surface area contributed by atoms with Crippen LogP contribution in [0.5, 0.6) is 5.75 Å². The number of anilines is 1. The number of ether oxygens (including phenoxy) is 1. The molecule has 6 heteroatoms. The van der Waals surface area contributed by atoms with E-state index in [-0.39, 0.29) is 12.5 Å². The molecule has 30 heavy (non-hydrogen) atoms. The predicted molar refractivity (Wildman–Crippen MR) is 118 cm³/mol. The summed E-state index contributed by atoms with van der Waals surface area (Å²) in [5.41, 5.74) is 6.62. The molecule has 0 unspecified atom stereocenters. The maximum atomic E-state index is 12.3. The number of carbonyl (C=O) groups is 1. The molecule has 1 amide bonds. The summed E-state index contributed by atoms with van der Waals surface area (Å²) in [5, 5.41) is 11.9. The van der Waals surface area contributed by atoms with Gasteiger partial charge in [0.15, 0.2) is 6.61 Å². The maximum absolute atomic E-state index is 12.3. The van der Waals surface area contributed by atoms with E-state index < -0.39 is 0 Å². The lowest BCUT2D eigenvalue weighted by Crippen LogP contribution is -2.20. The van der Waals surface area contributed by atoms with Crippen molar-refractivity contribution in [3.8, 4) is 11.4 Å². The van der Waals surface area contributed by atoms with Crippen molar-refractivity contribution in [3.63, 3.8) is 0 Å². The van der Waals surface area contributed by atoms with Gasteiger partial charge in [-0.05, 0) is 79.4 Å². The summed E-state index contributed by atoms with van der Waals surface area (Å²) in [6.07, 6.45) is 0.991. The zero-order chi connectivity index (χ0) is 21.1. The second-order valence-electron chi connectivity index (χ2n) is 7.30. The quantitative estimate of drug-likeness (QED) is 0.513. The Morgan fingerprint density at radius 1 is 0.933 bits per heavy atom. The molecule has 0 saturated heterocycles. The highest BCUT2D eigenvalue weighted by atomic mass is 16.5. The minimum atomic E-state index is -0.227. The minimum Gasteiger partial charge on any atom is -0.484 e. The number of nitrogens with one attached hydrogen (secondary N) is 1. The first-order chi connectivity index (χ1) is 14.5. The number of rotatable bonds is 6. The number of carbonyl (C=O) groups excluding carboxylic acids is 1. The van der Waals surface area contributed by atoms with E-state index in [0.717, 1.165) is 23.2 Å². The van der Waals surface area contributed by atoms with Crippen molar-refractivity contribution in [2.24, 2.45) is 0 Å². The van der Waals surface area contributed by atoms with Gasteiger partial charge in [0.1, 0.15) is 16.8 Å². The van der Waals surface area contributed by atoms with Crippen LogP contribution in [-0.2, 0) is 11.2 Å². The molecule has 0 aliphatic carbocycles. The number of nitrogens with zero attached hydrogens (tertiary/aromatic N) is 3. The Bertz CT molecular complexity index is 1200. The molecule has 152 valence electrons. The first-order valence-corrected chi connectivity index (χ1v) is 9.98. The average Bonchev–Trinajstić information content (AvgIpc) is 3.18. The summed E-state index contributed by atoms with van der Waals surface area (Å²) in [6.45, 7) is 6.12. The smallest absolute Gasteiger partial charge is 0.262 e. The van der Waals surface area contributed by atoms with Gasteiger partial charge in [-0.1, -0.05) is 25.1 Å². The zero-order valence-corrected chi connectivity index (χ0v) is 17.3. The van der Waals surface area contributed by atoms with Crippen LogP contribution >= 0.6 is 0 Å². The molecule has 0 spiro atoms. The van der Waals surface area contributed by atoms with Gasteiger partial charge in [0, 0.05) is 5.69 Å². The van der Waals surface area contributed by atoms with Crippen molar-refractivity contribution >= 4 is 22.6 Å². The van der Waals surface area contributed by atoms with Crippen LogP contribution in [0.2, 0.25) is 0 Å². The van der Waals surface area contributed by atoms with Crippen LogP contribution in [0.4, 0.5) is 5.69 Å². The molecule has 0 fully saturated rings. The number of hydrogen-bond acceptors (Lipinski definition) is 4. The number of hydrogen-bond donors (Lipinski definition) is 1. The van der Waals surface area contributed by atoms with Crippen LogP contribution < -0.4 is 10.1 Å². The van der Waals surface area contributed by atoms with Gasteiger partial charge in [-0.3, -0.25) is 4.79 Å². The summed E-state index contributed by atoms with van der Waals surface area (Å²) in [6, 6.07) is 19.4. The molecule has 1 N–H and O–H groups in total. The van der Waals surface area contributed by atoms with Gasteiger partial charge in [-0.25, -0.2) is 0 Å². The summed E-state index contributed by atoms with van der Waals surface area (Å²) >= 11 is 0. The van der Waals surface area contributed by atoms with Crippen LogP contribution in [0.3, 0.4) is 0 Å². The van der Waals surface area contributed by atoms with E-state index in [2.05, 4.69) is 34.6 Å². The third-order valence-corrected chi connectivity index (χ3v) is 5.09. The molecule has 4 rings (SSSR count). The van der Waals surface area contributed by atoms with E-state index in [1.165, 1.54) is 11.1 Å². The van der Waals surface area contributed by atoms with E-state index in [1.54, 1.807) is 4.80 Å². The Balaban J connectivity index is 1.43. The highest BCUT2D eigenvalue weighted by Crippen LogP contribution is 2.19. The normalized spacial score (nSPS) is 10.9. The van der Waals surface area contributed by atoms with Gasteiger partial charge in [0.05, 0.1) is 5.69 Å². The lowest BCUT2D eigenvalue weighted by molar-refractivity contribution is -0.118. The number of fused-ring (bicyclic) bond motifs is 1. The van der Waals surface area contributed by atoms with Crippen molar-refractivity contribution < 1.29 is 9.53 Å². The van der Waals surface area contributed by atoms with Crippen molar-refractivity contribution in [2.45, 2.75) is 27.2 Å². The third-order valence-electron chi connectivity index (χ3n) is 5.09. The third kappa shape index (κ3) is 4.33. The minimum absolute atomic E-state index is 0.0585. The first kappa shape index (κ1) is 19.6. The van der Waals surface area contributed by atoms with E-state index >= 15 is 0 Å². The summed E-state index contributed by atoms with van der Waals surface area (Å²) in [4.78, 5) is 13.9. The molecule has 0 atom stereocenters. The van der Waals surface area contributed by atoms with E-state index in [1.807, 2.05) is 62.4 Å². The van der Waals surface area contributed by atoms with E-state index in [0.29, 0.717) is 17.0 Å². The van der Waals surface area contributed by atoms with Crippen molar-refractivity contribution in [3.05, 3.63) is 77.4 Å². The molecule has 0 aliphatic rings. The standard InChI is InChI=1S/C24H24N4O2/c1-4-18-6-9-20(10-7-18)28-26-22-12-8-19(14-23(22)27-28)25-24(29)15-30-21-11-5-16(2)17(3)13-21/h5-14H,4,15H2,1-3H3,(H,25,29). The van der Waals surface area contributed by atoms with Crippen LogP contribution in [0.25, 0.3) is 16.7 Å². The molecule has 0 bridgehead atoms. The molecular formula is C24H24N4O2. The molecule has 0 aliphatic heterocycles. The van der Waals surface area contributed by atoms with E-state index in [9.17, 15) is 4.79 Å². The largest absolute Gasteiger partial charge is 0.484 e. The Hall–Kier alpha value is -3.67. The highest BCUT2D eigenvalue weighted by molar-refractivity contribution is 5.93. The number of aryl methyl sites for hydroxylation is 3. The molecule has 3 aromatic carbocycles. The fourth-order valence-electron chi connectivity index (χ4n) is 3.12. The second kappa shape index (κ2) is 8.37.